The van der Waals surface area contributed by atoms with Gasteiger partial charge in [0, 0.05) is 11.3 Å². The predicted molar refractivity (Wildman–Crippen MR) is 71.0 cm³/mol. The molecule has 19 heavy (non-hydrogen) atoms. The van der Waals surface area contributed by atoms with Gasteiger partial charge in [-0.25, -0.2) is 9.18 Å². The van der Waals surface area contributed by atoms with Gasteiger partial charge in [-0.2, -0.15) is 0 Å². The monoisotopic (exact) mass is 280 g/mol. The Morgan fingerprint density at radius 3 is 2.89 bits per heavy atom. The summed E-state index contributed by atoms with van der Waals surface area (Å²) in [6.45, 7) is 0.584. The molecule has 1 aromatic carbocycles. The third-order valence-corrected chi connectivity index (χ3v) is 3.56. The van der Waals surface area contributed by atoms with Crippen LogP contribution in [0, 0.1) is 5.82 Å². The minimum Gasteiger partial charge on any atom is -0.478 e. The molecule has 0 aliphatic rings. The standard InChI is InChI=1S/C14H13FO3S/c15-11-3-4-13(14(16)17)10(8-11)9-18-6-5-12-2-1-7-19-12/h1-4,7-8H,5-6,9H2,(H,16,17). The number of carboxylic acid groups (broad SMARTS) is 1. The molecule has 100 valence electrons. The minimum absolute atomic E-state index is 0.0810. The van der Waals surface area contributed by atoms with Gasteiger partial charge in [0.2, 0.25) is 0 Å². The van der Waals surface area contributed by atoms with Crippen LogP contribution in [0.2, 0.25) is 0 Å². The zero-order valence-electron chi connectivity index (χ0n) is 10.1. The molecule has 3 nitrogen and oxygen atoms in total. The second kappa shape index (κ2) is 6.45. The zero-order valence-corrected chi connectivity index (χ0v) is 11.0. The predicted octanol–water partition coefficient (Wildman–Crippen LogP) is 3.34. The number of carbonyl (C=O) groups is 1. The van der Waals surface area contributed by atoms with Crippen molar-refractivity contribution in [1.82, 2.24) is 0 Å². The van der Waals surface area contributed by atoms with Crippen molar-refractivity contribution in [2.75, 3.05) is 6.61 Å². The summed E-state index contributed by atoms with van der Waals surface area (Å²) in [7, 11) is 0. The number of aromatic carboxylic acids is 1. The summed E-state index contributed by atoms with van der Waals surface area (Å²) in [5.74, 6) is -1.53. The SMILES string of the molecule is O=C(O)c1ccc(F)cc1COCCc1cccs1. The first kappa shape index (κ1) is 13.7. The Balaban J connectivity index is 1.91. The van der Waals surface area contributed by atoms with E-state index in [0.717, 1.165) is 12.5 Å². The van der Waals surface area contributed by atoms with Crippen LogP contribution in [-0.2, 0) is 17.8 Å². The van der Waals surface area contributed by atoms with Gasteiger partial charge in [0.25, 0.3) is 0 Å². The molecule has 5 heteroatoms. The molecule has 1 aromatic heterocycles. The van der Waals surface area contributed by atoms with Crippen molar-refractivity contribution in [3.8, 4) is 0 Å². The number of halogens is 1. The average molecular weight is 280 g/mol. The van der Waals surface area contributed by atoms with E-state index in [1.165, 1.54) is 17.0 Å². The van der Waals surface area contributed by atoms with Gasteiger partial charge in [0.05, 0.1) is 18.8 Å². The number of ether oxygens (including phenoxy) is 1. The summed E-state index contributed by atoms with van der Waals surface area (Å²) >= 11 is 1.65. The lowest BCUT2D eigenvalue weighted by molar-refractivity contribution is 0.0687. The molecule has 0 aliphatic heterocycles. The molecular formula is C14H13FO3S. The van der Waals surface area contributed by atoms with E-state index in [-0.39, 0.29) is 12.2 Å². The Morgan fingerprint density at radius 2 is 2.21 bits per heavy atom. The number of hydrogen-bond donors (Lipinski definition) is 1. The highest BCUT2D eigenvalue weighted by Crippen LogP contribution is 2.14. The van der Waals surface area contributed by atoms with Gasteiger partial charge in [-0.3, -0.25) is 0 Å². The van der Waals surface area contributed by atoms with Crippen molar-refractivity contribution in [2.45, 2.75) is 13.0 Å². The summed E-state index contributed by atoms with van der Waals surface area (Å²) < 4.78 is 18.5. The van der Waals surface area contributed by atoms with Gasteiger partial charge < -0.3 is 9.84 Å². The second-order valence-corrected chi connectivity index (χ2v) is 5.02. The van der Waals surface area contributed by atoms with E-state index in [4.69, 9.17) is 9.84 Å². The zero-order chi connectivity index (χ0) is 13.7. The van der Waals surface area contributed by atoms with E-state index in [1.54, 1.807) is 11.3 Å². The normalized spacial score (nSPS) is 10.6. The summed E-state index contributed by atoms with van der Waals surface area (Å²) in [5.41, 5.74) is 0.441. The molecule has 0 bridgehead atoms. The molecule has 1 N–H and O–H groups in total. The van der Waals surface area contributed by atoms with Crippen LogP contribution in [-0.4, -0.2) is 17.7 Å². The maximum atomic E-state index is 13.1. The largest absolute Gasteiger partial charge is 0.478 e. The van der Waals surface area contributed by atoms with Crippen molar-refractivity contribution in [2.24, 2.45) is 0 Å². The van der Waals surface area contributed by atoms with E-state index in [0.29, 0.717) is 12.2 Å². The molecule has 1 heterocycles. The fourth-order valence-corrected chi connectivity index (χ4v) is 2.39. The molecule has 0 aliphatic carbocycles. The maximum absolute atomic E-state index is 13.1. The number of benzene rings is 1. The summed E-state index contributed by atoms with van der Waals surface area (Å²) in [6.07, 6.45) is 0.773. The van der Waals surface area contributed by atoms with E-state index in [1.807, 2.05) is 17.5 Å². The highest BCUT2D eigenvalue weighted by atomic mass is 32.1. The molecule has 0 radical (unpaired) electrons. The fraction of sp³-hybridized carbons (Fsp3) is 0.214. The first-order valence-corrected chi connectivity index (χ1v) is 6.66. The molecule has 0 fully saturated rings. The molecule has 2 aromatic rings. The van der Waals surface area contributed by atoms with Crippen LogP contribution in [0.15, 0.2) is 35.7 Å². The smallest absolute Gasteiger partial charge is 0.336 e. The third-order valence-electron chi connectivity index (χ3n) is 2.63. The molecule has 0 atom stereocenters. The Morgan fingerprint density at radius 1 is 1.37 bits per heavy atom. The van der Waals surface area contributed by atoms with E-state index < -0.39 is 11.8 Å². The molecule has 0 amide bonds. The highest BCUT2D eigenvalue weighted by Gasteiger charge is 2.10. The summed E-state index contributed by atoms with van der Waals surface area (Å²) in [4.78, 5) is 12.2. The Hall–Kier alpha value is -1.72. The Kier molecular flexibility index (Phi) is 4.65. The lowest BCUT2D eigenvalue weighted by Crippen LogP contribution is -2.06. The van der Waals surface area contributed by atoms with Gasteiger partial charge in [-0.15, -0.1) is 11.3 Å². The van der Waals surface area contributed by atoms with Crippen molar-refractivity contribution < 1.29 is 19.0 Å². The number of thiophene rings is 1. The highest BCUT2D eigenvalue weighted by molar-refractivity contribution is 7.09. The lowest BCUT2D eigenvalue weighted by atomic mass is 10.1. The first-order chi connectivity index (χ1) is 9.16. The van der Waals surface area contributed by atoms with Crippen LogP contribution in [0.3, 0.4) is 0 Å². The fourth-order valence-electron chi connectivity index (χ4n) is 1.70. The van der Waals surface area contributed by atoms with Crippen LogP contribution < -0.4 is 0 Å². The summed E-state index contributed by atoms with van der Waals surface area (Å²) in [5, 5.41) is 11.0. The third kappa shape index (κ3) is 3.87. The van der Waals surface area contributed by atoms with Crippen LogP contribution >= 0.6 is 11.3 Å². The molecule has 0 unspecified atom stereocenters. The van der Waals surface area contributed by atoms with Gasteiger partial charge in [0.15, 0.2) is 0 Å². The number of carboxylic acids is 1. The quantitative estimate of drug-likeness (QED) is 0.825. The van der Waals surface area contributed by atoms with E-state index in [9.17, 15) is 9.18 Å². The van der Waals surface area contributed by atoms with Gasteiger partial charge in [0.1, 0.15) is 5.82 Å². The Bertz CT molecular complexity index is 552. The number of rotatable bonds is 6. The van der Waals surface area contributed by atoms with Crippen molar-refractivity contribution in [3.05, 3.63) is 57.5 Å². The Labute approximate surface area is 114 Å². The average Bonchev–Trinajstić information content (AvgIpc) is 2.87. The molecular weight excluding hydrogens is 267 g/mol. The van der Waals surface area contributed by atoms with E-state index >= 15 is 0 Å². The second-order valence-electron chi connectivity index (χ2n) is 3.99. The van der Waals surface area contributed by atoms with Crippen LogP contribution in [0.4, 0.5) is 4.39 Å². The van der Waals surface area contributed by atoms with E-state index in [2.05, 4.69) is 0 Å². The summed E-state index contributed by atoms with van der Waals surface area (Å²) in [6, 6.07) is 7.58. The topological polar surface area (TPSA) is 46.5 Å². The number of hydrogen-bond acceptors (Lipinski definition) is 3. The molecule has 2 rings (SSSR count). The lowest BCUT2D eigenvalue weighted by Gasteiger charge is -2.07. The van der Waals surface area contributed by atoms with Gasteiger partial charge in [-0.05, 0) is 35.2 Å². The molecule has 0 saturated heterocycles. The van der Waals surface area contributed by atoms with Crippen molar-refractivity contribution in [3.63, 3.8) is 0 Å². The van der Waals surface area contributed by atoms with Crippen molar-refractivity contribution in [1.29, 1.82) is 0 Å². The maximum Gasteiger partial charge on any atom is 0.336 e. The first-order valence-electron chi connectivity index (χ1n) is 5.78. The van der Waals surface area contributed by atoms with Crippen LogP contribution in [0.5, 0.6) is 0 Å². The van der Waals surface area contributed by atoms with Crippen LogP contribution in [0.1, 0.15) is 20.8 Å². The molecule has 0 spiro atoms. The molecule has 0 saturated carbocycles. The van der Waals surface area contributed by atoms with Crippen LogP contribution in [0.25, 0.3) is 0 Å². The van der Waals surface area contributed by atoms with Crippen molar-refractivity contribution >= 4 is 17.3 Å². The van der Waals surface area contributed by atoms with Gasteiger partial charge >= 0.3 is 5.97 Å². The minimum atomic E-state index is -1.07. The van der Waals surface area contributed by atoms with Gasteiger partial charge in [-0.1, -0.05) is 6.07 Å².